The highest BCUT2D eigenvalue weighted by atomic mass is 32.1. The molecule has 0 spiro atoms. The summed E-state index contributed by atoms with van der Waals surface area (Å²) in [6.07, 6.45) is 2.41. The van der Waals surface area contributed by atoms with E-state index < -0.39 is 0 Å². The molecule has 1 N–H and O–H groups in total. The first-order chi connectivity index (χ1) is 7.31. The maximum Gasteiger partial charge on any atom is 0.173 e. The Kier molecular flexibility index (Phi) is 3.21. The lowest BCUT2D eigenvalue weighted by Crippen LogP contribution is -2.38. The summed E-state index contributed by atoms with van der Waals surface area (Å²) in [5.41, 5.74) is 2.50. The number of fused-ring (bicyclic) bond motifs is 1. The fourth-order valence-corrected chi connectivity index (χ4v) is 2.05. The highest BCUT2D eigenvalue weighted by Gasteiger charge is 2.17. The number of nitrogens with one attached hydrogen (secondary N) is 1. The largest absolute Gasteiger partial charge is 0.345 e. The van der Waals surface area contributed by atoms with Gasteiger partial charge in [0.05, 0.1) is 0 Å². The van der Waals surface area contributed by atoms with E-state index in [0.29, 0.717) is 0 Å². The van der Waals surface area contributed by atoms with Gasteiger partial charge in [-0.2, -0.15) is 0 Å². The monoisotopic (exact) mass is 220 g/mol. The minimum Gasteiger partial charge on any atom is -0.345 e. The highest BCUT2D eigenvalue weighted by molar-refractivity contribution is 7.80. The number of nitrogens with zero attached hydrogens (tertiary/aromatic N) is 1. The minimum absolute atomic E-state index is 0.863. The SMILES string of the molecule is CCCCN1Cc2ccccc2NC1=S. The lowest BCUT2D eigenvalue weighted by molar-refractivity contribution is 0.403. The first kappa shape index (κ1) is 10.4. The molecule has 1 aliphatic rings. The summed E-state index contributed by atoms with van der Waals surface area (Å²) in [7, 11) is 0. The van der Waals surface area contributed by atoms with Gasteiger partial charge in [0.15, 0.2) is 5.11 Å². The van der Waals surface area contributed by atoms with Gasteiger partial charge >= 0.3 is 0 Å². The van der Waals surface area contributed by atoms with Crippen molar-refractivity contribution in [1.29, 1.82) is 0 Å². The van der Waals surface area contributed by atoms with Gasteiger partial charge in [-0.15, -0.1) is 0 Å². The predicted octanol–water partition coefficient (Wildman–Crippen LogP) is 3.00. The van der Waals surface area contributed by atoms with E-state index >= 15 is 0 Å². The van der Waals surface area contributed by atoms with Crippen LogP contribution in [0.1, 0.15) is 25.3 Å². The van der Waals surface area contributed by atoms with Crippen molar-refractivity contribution in [2.75, 3.05) is 11.9 Å². The predicted molar refractivity (Wildman–Crippen MR) is 68.0 cm³/mol. The van der Waals surface area contributed by atoms with Crippen LogP contribution in [-0.2, 0) is 6.54 Å². The van der Waals surface area contributed by atoms with Gasteiger partial charge in [0.2, 0.25) is 0 Å². The molecule has 0 amide bonds. The number of hydrogen-bond donors (Lipinski definition) is 1. The topological polar surface area (TPSA) is 15.3 Å². The summed E-state index contributed by atoms with van der Waals surface area (Å²) in [6.45, 7) is 4.20. The maximum absolute atomic E-state index is 5.33. The molecule has 1 aromatic rings. The van der Waals surface area contributed by atoms with Crippen LogP contribution < -0.4 is 5.32 Å². The van der Waals surface area contributed by atoms with Crippen LogP contribution in [0.4, 0.5) is 5.69 Å². The van der Waals surface area contributed by atoms with Crippen molar-refractivity contribution < 1.29 is 0 Å². The molecule has 0 unspecified atom stereocenters. The number of thiocarbonyl (C=S) groups is 1. The smallest absolute Gasteiger partial charge is 0.173 e. The number of para-hydroxylation sites is 1. The third-order valence-electron chi connectivity index (χ3n) is 2.69. The number of rotatable bonds is 3. The molecule has 1 aromatic carbocycles. The quantitative estimate of drug-likeness (QED) is 0.788. The second kappa shape index (κ2) is 4.62. The molecule has 2 nitrogen and oxygen atoms in total. The first-order valence-electron chi connectivity index (χ1n) is 5.45. The zero-order valence-corrected chi connectivity index (χ0v) is 9.81. The zero-order valence-electron chi connectivity index (χ0n) is 8.99. The van der Waals surface area contributed by atoms with Crippen molar-refractivity contribution in [3.8, 4) is 0 Å². The van der Waals surface area contributed by atoms with Gasteiger partial charge in [0, 0.05) is 18.8 Å². The molecule has 0 aromatic heterocycles. The number of hydrogen-bond acceptors (Lipinski definition) is 1. The third-order valence-corrected chi connectivity index (χ3v) is 3.05. The Morgan fingerprint density at radius 2 is 2.20 bits per heavy atom. The molecule has 0 aliphatic carbocycles. The van der Waals surface area contributed by atoms with E-state index in [2.05, 4.69) is 35.3 Å². The van der Waals surface area contributed by atoms with E-state index in [1.165, 1.54) is 18.4 Å². The molecule has 0 fully saturated rings. The van der Waals surface area contributed by atoms with Gasteiger partial charge in [-0.05, 0) is 30.3 Å². The molecular formula is C12H16N2S. The number of unbranched alkanes of at least 4 members (excludes halogenated alkanes) is 1. The minimum atomic E-state index is 0.863. The Labute approximate surface area is 96.3 Å². The maximum atomic E-state index is 5.33. The second-order valence-corrected chi connectivity index (χ2v) is 4.25. The Bertz CT molecular complexity index is 362. The Morgan fingerprint density at radius 3 is 3.00 bits per heavy atom. The Hall–Kier alpha value is -1.09. The van der Waals surface area contributed by atoms with Gasteiger partial charge in [0.25, 0.3) is 0 Å². The van der Waals surface area contributed by atoms with Crippen molar-refractivity contribution in [2.45, 2.75) is 26.3 Å². The zero-order chi connectivity index (χ0) is 10.7. The summed E-state index contributed by atoms with van der Waals surface area (Å²) in [4.78, 5) is 2.24. The summed E-state index contributed by atoms with van der Waals surface area (Å²) < 4.78 is 0. The Balaban J connectivity index is 2.11. The molecule has 0 atom stereocenters. The van der Waals surface area contributed by atoms with Crippen LogP contribution in [0.15, 0.2) is 24.3 Å². The fourth-order valence-electron chi connectivity index (χ4n) is 1.78. The van der Waals surface area contributed by atoms with Crippen molar-refractivity contribution in [3.05, 3.63) is 29.8 Å². The summed E-state index contributed by atoms with van der Waals surface area (Å²) in [5, 5.41) is 4.14. The molecule has 0 radical (unpaired) electrons. The second-order valence-electron chi connectivity index (χ2n) is 3.86. The lowest BCUT2D eigenvalue weighted by Gasteiger charge is -2.31. The highest BCUT2D eigenvalue weighted by Crippen LogP contribution is 2.22. The van der Waals surface area contributed by atoms with E-state index in [4.69, 9.17) is 12.2 Å². The van der Waals surface area contributed by atoms with Crippen molar-refractivity contribution in [2.24, 2.45) is 0 Å². The molecule has 0 saturated heterocycles. The molecule has 0 saturated carbocycles. The molecule has 15 heavy (non-hydrogen) atoms. The van der Waals surface area contributed by atoms with Crippen LogP contribution in [-0.4, -0.2) is 16.6 Å². The Morgan fingerprint density at radius 1 is 1.40 bits per heavy atom. The van der Waals surface area contributed by atoms with Crippen molar-refractivity contribution in [1.82, 2.24) is 4.90 Å². The molecule has 1 heterocycles. The average molecular weight is 220 g/mol. The van der Waals surface area contributed by atoms with E-state index in [9.17, 15) is 0 Å². The molecular weight excluding hydrogens is 204 g/mol. The van der Waals surface area contributed by atoms with Crippen LogP contribution in [0.3, 0.4) is 0 Å². The molecule has 0 bridgehead atoms. The molecule has 1 aliphatic heterocycles. The molecule has 3 heteroatoms. The summed E-state index contributed by atoms with van der Waals surface area (Å²) in [6, 6.07) is 8.35. The van der Waals surface area contributed by atoms with Crippen LogP contribution in [0.2, 0.25) is 0 Å². The van der Waals surface area contributed by atoms with Crippen molar-refractivity contribution >= 4 is 23.0 Å². The van der Waals surface area contributed by atoms with Crippen LogP contribution in [0.25, 0.3) is 0 Å². The van der Waals surface area contributed by atoms with Gasteiger partial charge in [0.1, 0.15) is 0 Å². The van der Waals surface area contributed by atoms with Gasteiger partial charge < -0.3 is 10.2 Å². The van der Waals surface area contributed by atoms with Gasteiger partial charge in [-0.1, -0.05) is 31.5 Å². The van der Waals surface area contributed by atoms with E-state index in [1.54, 1.807) is 0 Å². The summed E-state index contributed by atoms with van der Waals surface area (Å²) in [5.74, 6) is 0. The normalized spacial score (nSPS) is 14.7. The summed E-state index contributed by atoms with van der Waals surface area (Å²) >= 11 is 5.33. The van der Waals surface area contributed by atoms with Gasteiger partial charge in [-0.3, -0.25) is 0 Å². The van der Waals surface area contributed by atoms with Crippen LogP contribution >= 0.6 is 12.2 Å². The van der Waals surface area contributed by atoms with Crippen LogP contribution in [0, 0.1) is 0 Å². The lowest BCUT2D eigenvalue weighted by atomic mass is 10.1. The van der Waals surface area contributed by atoms with Crippen molar-refractivity contribution in [3.63, 3.8) is 0 Å². The third kappa shape index (κ3) is 2.29. The van der Waals surface area contributed by atoms with E-state index in [0.717, 1.165) is 23.9 Å². The van der Waals surface area contributed by atoms with E-state index in [1.807, 2.05) is 6.07 Å². The number of benzene rings is 1. The van der Waals surface area contributed by atoms with E-state index in [-0.39, 0.29) is 0 Å². The molecule has 2 rings (SSSR count). The fraction of sp³-hybridized carbons (Fsp3) is 0.417. The molecule has 80 valence electrons. The van der Waals surface area contributed by atoms with Crippen LogP contribution in [0.5, 0.6) is 0 Å². The van der Waals surface area contributed by atoms with Gasteiger partial charge in [-0.25, -0.2) is 0 Å². The standard InChI is InChI=1S/C12H16N2S/c1-2-3-8-14-9-10-6-4-5-7-11(10)13-12(14)15/h4-7H,2-3,8-9H2,1H3,(H,13,15). The first-order valence-corrected chi connectivity index (χ1v) is 5.86. The average Bonchev–Trinajstić information content (AvgIpc) is 2.26. The number of anilines is 1.